The van der Waals surface area contributed by atoms with E-state index in [4.69, 9.17) is 14.3 Å². The molecule has 2 amide bonds. The van der Waals surface area contributed by atoms with Crippen LogP contribution in [0.15, 0.2) is 65.1 Å². The number of rotatable bonds is 10. The summed E-state index contributed by atoms with van der Waals surface area (Å²) in [6.45, 7) is 0.162. The van der Waals surface area contributed by atoms with Gasteiger partial charge in [0.25, 0.3) is 0 Å². The van der Waals surface area contributed by atoms with Crippen LogP contribution < -0.4 is 10.6 Å². The summed E-state index contributed by atoms with van der Waals surface area (Å²) >= 11 is 1.56. The number of alkyl carbamates (subject to hydrolysis) is 1. The van der Waals surface area contributed by atoms with E-state index >= 15 is 0 Å². The first-order valence-electron chi connectivity index (χ1n) is 11.2. The molecular formula is C26H26N2O6S. The van der Waals surface area contributed by atoms with Crippen molar-refractivity contribution in [3.8, 4) is 11.1 Å². The molecule has 1 heterocycles. The van der Waals surface area contributed by atoms with E-state index in [-0.39, 0.29) is 24.8 Å². The van der Waals surface area contributed by atoms with Gasteiger partial charge in [-0.25, -0.2) is 9.59 Å². The number of fused-ring (bicyclic) bond motifs is 3. The average Bonchev–Trinajstić information content (AvgIpc) is 3.47. The monoisotopic (exact) mass is 494 g/mol. The van der Waals surface area contributed by atoms with E-state index in [1.807, 2.05) is 42.7 Å². The first-order valence-corrected chi connectivity index (χ1v) is 12.6. The number of amides is 2. The maximum atomic E-state index is 12.7. The number of ether oxygens (including phenoxy) is 1. The zero-order valence-electron chi connectivity index (χ0n) is 19.2. The van der Waals surface area contributed by atoms with E-state index in [2.05, 4.69) is 22.8 Å². The molecule has 0 bridgehead atoms. The zero-order valence-corrected chi connectivity index (χ0v) is 20.0. The second-order valence-electron chi connectivity index (χ2n) is 8.09. The number of carbonyl (C=O) groups is 3. The van der Waals surface area contributed by atoms with Gasteiger partial charge in [0, 0.05) is 5.92 Å². The molecule has 0 radical (unpaired) electrons. The van der Waals surface area contributed by atoms with E-state index in [9.17, 15) is 14.4 Å². The van der Waals surface area contributed by atoms with Gasteiger partial charge in [-0.05, 0) is 52.8 Å². The molecule has 4 rings (SSSR count). The number of benzene rings is 2. The second kappa shape index (κ2) is 11.1. The van der Waals surface area contributed by atoms with E-state index in [0.29, 0.717) is 17.9 Å². The fourth-order valence-corrected chi connectivity index (χ4v) is 4.64. The summed E-state index contributed by atoms with van der Waals surface area (Å²) in [5.74, 6) is -0.899. The summed E-state index contributed by atoms with van der Waals surface area (Å²) in [5.41, 5.74) is 4.49. The van der Waals surface area contributed by atoms with Gasteiger partial charge in [0.15, 0.2) is 0 Å². The summed E-state index contributed by atoms with van der Waals surface area (Å²) in [4.78, 5) is 36.3. The Labute approximate surface area is 207 Å². The molecule has 0 unspecified atom stereocenters. The van der Waals surface area contributed by atoms with E-state index < -0.39 is 24.0 Å². The molecule has 1 aliphatic carbocycles. The fraction of sp³-hybridized carbons (Fsp3) is 0.269. The van der Waals surface area contributed by atoms with Crippen LogP contribution in [0.1, 0.15) is 39.8 Å². The molecule has 0 aliphatic heterocycles. The summed E-state index contributed by atoms with van der Waals surface area (Å²) in [6.07, 6.45) is 1.66. The Hall–Kier alpha value is -3.72. The molecule has 3 aromatic rings. The van der Waals surface area contributed by atoms with Gasteiger partial charge in [-0.1, -0.05) is 48.5 Å². The summed E-state index contributed by atoms with van der Waals surface area (Å²) in [6, 6.07) is 18.2. The molecule has 1 aliphatic rings. The van der Waals surface area contributed by atoms with Crippen LogP contribution >= 0.6 is 11.8 Å². The van der Waals surface area contributed by atoms with Gasteiger partial charge in [-0.3, -0.25) is 4.79 Å². The highest BCUT2D eigenvalue weighted by Gasteiger charge is 2.29. The number of aromatic carboxylic acids is 1. The Morgan fingerprint density at radius 3 is 2.29 bits per heavy atom. The van der Waals surface area contributed by atoms with Crippen molar-refractivity contribution >= 4 is 29.7 Å². The van der Waals surface area contributed by atoms with Crippen LogP contribution in [0.3, 0.4) is 0 Å². The van der Waals surface area contributed by atoms with Crippen molar-refractivity contribution in [1.29, 1.82) is 0 Å². The lowest BCUT2D eigenvalue weighted by Crippen LogP contribution is -2.47. The van der Waals surface area contributed by atoms with Crippen LogP contribution in [0, 0.1) is 0 Å². The number of thioether (sulfide) groups is 1. The number of carboxylic acid groups (broad SMARTS) is 1. The minimum absolute atomic E-state index is 0.00819. The third kappa shape index (κ3) is 5.68. The largest absolute Gasteiger partial charge is 0.475 e. The lowest BCUT2D eigenvalue weighted by molar-refractivity contribution is -0.123. The molecule has 0 fully saturated rings. The van der Waals surface area contributed by atoms with Crippen LogP contribution in [0.5, 0.6) is 0 Å². The number of nitrogens with one attached hydrogen (secondary N) is 2. The third-order valence-corrected chi connectivity index (χ3v) is 6.52. The maximum absolute atomic E-state index is 12.7. The molecule has 9 heteroatoms. The lowest BCUT2D eigenvalue weighted by Gasteiger charge is -2.19. The topological polar surface area (TPSA) is 118 Å². The second-order valence-corrected chi connectivity index (χ2v) is 9.08. The third-order valence-electron chi connectivity index (χ3n) is 5.87. The Bertz CT molecular complexity index is 1180. The number of carbonyl (C=O) groups excluding carboxylic acids is 2. The van der Waals surface area contributed by atoms with Gasteiger partial charge >= 0.3 is 12.1 Å². The average molecular weight is 495 g/mol. The number of furan rings is 1. The first kappa shape index (κ1) is 24.4. The molecule has 35 heavy (non-hydrogen) atoms. The van der Waals surface area contributed by atoms with E-state index in [0.717, 1.165) is 22.3 Å². The van der Waals surface area contributed by atoms with E-state index in [1.165, 1.54) is 12.1 Å². The van der Waals surface area contributed by atoms with Crippen molar-refractivity contribution in [2.24, 2.45) is 0 Å². The molecule has 0 saturated carbocycles. The van der Waals surface area contributed by atoms with Crippen LogP contribution in [0.2, 0.25) is 0 Å². The van der Waals surface area contributed by atoms with Gasteiger partial charge in [-0.2, -0.15) is 11.8 Å². The zero-order chi connectivity index (χ0) is 24.8. The molecule has 3 N–H and O–H groups in total. The van der Waals surface area contributed by atoms with Crippen molar-refractivity contribution in [1.82, 2.24) is 10.6 Å². The number of hydrogen-bond donors (Lipinski definition) is 3. The predicted octanol–water partition coefficient (Wildman–Crippen LogP) is 4.25. The van der Waals surface area contributed by atoms with Crippen molar-refractivity contribution in [3.05, 3.63) is 83.3 Å². The molecule has 1 atom stereocenters. The van der Waals surface area contributed by atoms with Crippen LogP contribution in [-0.2, 0) is 16.1 Å². The molecule has 8 nitrogen and oxygen atoms in total. The maximum Gasteiger partial charge on any atom is 0.407 e. The minimum Gasteiger partial charge on any atom is -0.475 e. The molecule has 1 aromatic heterocycles. The summed E-state index contributed by atoms with van der Waals surface area (Å²) < 4.78 is 10.7. The van der Waals surface area contributed by atoms with Gasteiger partial charge in [0.2, 0.25) is 11.7 Å². The van der Waals surface area contributed by atoms with Crippen LogP contribution in [-0.4, -0.2) is 47.7 Å². The SMILES string of the molecule is CSCC[C@@H](NC(=O)OCC1c2ccccc2-c2ccccc21)C(=O)NCc1ccc(C(=O)O)o1. The van der Waals surface area contributed by atoms with Crippen molar-refractivity contribution in [3.63, 3.8) is 0 Å². The summed E-state index contributed by atoms with van der Waals surface area (Å²) in [7, 11) is 0. The normalized spacial score (nSPS) is 12.9. The van der Waals surface area contributed by atoms with Crippen molar-refractivity contribution in [2.75, 3.05) is 18.6 Å². The van der Waals surface area contributed by atoms with Gasteiger partial charge in [0.05, 0.1) is 6.54 Å². The Morgan fingerprint density at radius 2 is 1.69 bits per heavy atom. The van der Waals surface area contributed by atoms with E-state index in [1.54, 1.807) is 11.8 Å². The van der Waals surface area contributed by atoms with Crippen molar-refractivity contribution < 1.29 is 28.6 Å². The molecule has 0 spiro atoms. The summed E-state index contributed by atoms with van der Waals surface area (Å²) in [5, 5.41) is 14.3. The van der Waals surface area contributed by atoms with Gasteiger partial charge < -0.3 is 24.9 Å². The quantitative estimate of drug-likeness (QED) is 0.386. The Morgan fingerprint density at radius 1 is 1.03 bits per heavy atom. The lowest BCUT2D eigenvalue weighted by atomic mass is 9.98. The molecule has 0 saturated heterocycles. The fourth-order valence-electron chi connectivity index (χ4n) is 4.17. The van der Waals surface area contributed by atoms with Crippen LogP contribution in [0.25, 0.3) is 11.1 Å². The first-order chi connectivity index (χ1) is 17.0. The minimum atomic E-state index is -1.18. The number of carboxylic acids is 1. The molecular weight excluding hydrogens is 468 g/mol. The highest BCUT2D eigenvalue weighted by molar-refractivity contribution is 7.98. The number of hydrogen-bond acceptors (Lipinski definition) is 6. The Balaban J connectivity index is 1.36. The predicted molar refractivity (Wildman–Crippen MR) is 133 cm³/mol. The Kier molecular flexibility index (Phi) is 7.77. The van der Waals surface area contributed by atoms with Crippen LogP contribution in [0.4, 0.5) is 4.79 Å². The molecule has 2 aromatic carbocycles. The molecule has 182 valence electrons. The smallest absolute Gasteiger partial charge is 0.407 e. The van der Waals surface area contributed by atoms with Gasteiger partial charge in [0.1, 0.15) is 18.4 Å². The highest BCUT2D eigenvalue weighted by atomic mass is 32.2. The highest BCUT2D eigenvalue weighted by Crippen LogP contribution is 2.44. The van der Waals surface area contributed by atoms with Gasteiger partial charge in [-0.15, -0.1) is 0 Å². The standard InChI is InChI=1S/C26H26N2O6S/c1-35-13-12-22(24(29)27-14-16-10-11-23(34-16)25(30)31)28-26(32)33-15-21-19-8-4-2-6-17(19)18-7-3-5-9-20(18)21/h2-11,21-22H,12-15H2,1H3,(H,27,29)(H,28,32)(H,30,31)/t22-/m1/s1. The van der Waals surface area contributed by atoms with Crippen molar-refractivity contribution in [2.45, 2.75) is 24.9 Å².